The van der Waals surface area contributed by atoms with Crippen LogP contribution in [0.1, 0.15) is 37.4 Å². The van der Waals surface area contributed by atoms with Gasteiger partial charge in [0.05, 0.1) is 6.54 Å². The third-order valence-corrected chi connectivity index (χ3v) is 3.46. The topological polar surface area (TPSA) is 123 Å². The minimum atomic E-state index is -0.321. The first kappa shape index (κ1) is 17.5. The number of hydrogen-bond acceptors (Lipinski definition) is 8. The van der Waals surface area contributed by atoms with Gasteiger partial charge in [-0.1, -0.05) is 30.2 Å². The highest BCUT2D eigenvalue weighted by Gasteiger charge is 2.16. The maximum atomic E-state index is 12.2. The maximum absolute atomic E-state index is 12.2. The summed E-state index contributed by atoms with van der Waals surface area (Å²) in [5, 5.41) is 10.4. The molecule has 10 nitrogen and oxygen atoms in total. The van der Waals surface area contributed by atoms with Crippen molar-refractivity contribution in [2.75, 3.05) is 7.05 Å². The first-order valence-corrected chi connectivity index (χ1v) is 8.08. The van der Waals surface area contributed by atoms with E-state index >= 15 is 0 Å². The van der Waals surface area contributed by atoms with E-state index in [0.717, 1.165) is 0 Å². The molecule has 0 aliphatic rings. The van der Waals surface area contributed by atoms with Crippen molar-refractivity contribution in [3.8, 4) is 11.5 Å². The van der Waals surface area contributed by atoms with E-state index in [1.807, 2.05) is 19.9 Å². The molecule has 0 atom stereocenters. The number of nitrogens with zero attached hydrogens (tertiary/aromatic N) is 6. The van der Waals surface area contributed by atoms with Crippen LogP contribution in [0, 0.1) is 0 Å². The Hall–Kier alpha value is -3.30. The molecule has 0 saturated heterocycles. The van der Waals surface area contributed by atoms with Crippen molar-refractivity contribution >= 4 is 6.03 Å². The first-order chi connectivity index (χ1) is 12.5. The number of rotatable bonds is 6. The monoisotopic (exact) mass is 357 g/mol. The van der Waals surface area contributed by atoms with Crippen LogP contribution in [0.3, 0.4) is 0 Å². The van der Waals surface area contributed by atoms with Crippen LogP contribution < -0.4 is 5.32 Å². The normalized spacial score (nSPS) is 10.9. The van der Waals surface area contributed by atoms with Crippen molar-refractivity contribution in [1.29, 1.82) is 0 Å². The van der Waals surface area contributed by atoms with Gasteiger partial charge in [-0.2, -0.15) is 9.97 Å². The molecule has 0 aliphatic heterocycles. The van der Waals surface area contributed by atoms with Crippen LogP contribution in [-0.2, 0) is 13.1 Å². The fourth-order valence-electron chi connectivity index (χ4n) is 2.06. The Labute approximate surface area is 149 Å². The molecule has 0 saturated carbocycles. The van der Waals surface area contributed by atoms with Crippen LogP contribution in [0.5, 0.6) is 0 Å². The summed E-state index contributed by atoms with van der Waals surface area (Å²) in [5.41, 5.74) is 0.604. The molecule has 10 heteroatoms. The third kappa shape index (κ3) is 4.21. The fourth-order valence-corrected chi connectivity index (χ4v) is 2.06. The quantitative estimate of drug-likeness (QED) is 0.710. The number of carbonyl (C=O) groups excluding carboxylic acids is 1. The van der Waals surface area contributed by atoms with Crippen LogP contribution in [0.25, 0.3) is 11.5 Å². The standard InChI is InChI=1S/C16H19N7O3/c1-10(2)15-19-12(21-26-15)8-18-16(24)23(3)9-13-20-14(22-25-13)11-6-4-5-7-17-11/h4-7,10H,8-9H2,1-3H3,(H,18,24). The third-order valence-electron chi connectivity index (χ3n) is 3.46. The Kier molecular flexibility index (Phi) is 5.20. The number of nitrogens with one attached hydrogen (secondary N) is 1. The average Bonchev–Trinajstić information content (AvgIpc) is 3.30. The van der Waals surface area contributed by atoms with Crippen LogP contribution in [-0.4, -0.2) is 43.2 Å². The summed E-state index contributed by atoms with van der Waals surface area (Å²) in [4.78, 5) is 26.2. The SMILES string of the molecule is CC(C)c1nc(CNC(=O)N(C)Cc2nc(-c3ccccn3)no2)no1. The van der Waals surface area contributed by atoms with Gasteiger partial charge in [0.2, 0.25) is 17.6 Å². The van der Waals surface area contributed by atoms with Crippen LogP contribution in [0.15, 0.2) is 33.4 Å². The minimum absolute atomic E-state index is 0.139. The fraction of sp³-hybridized carbons (Fsp3) is 0.375. The molecule has 3 rings (SSSR count). The first-order valence-electron chi connectivity index (χ1n) is 8.08. The molecule has 136 valence electrons. The van der Waals surface area contributed by atoms with Gasteiger partial charge >= 0.3 is 6.03 Å². The van der Waals surface area contributed by atoms with Crippen LogP contribution >= 0.6 is 0 Å². The minimum Gasteiger partial charge on any atom is -0.339 e. The predicted octanol–water partition coefficient (Wildman–Crippen LogP) is 1.98. The van der Waals surface area contributed by atoms with Gasteiger partial charge in [-0.15, -0.1) is 0 Å². The lowest BCUT2D eigenvalue weighted by atomic mass is 10.2. The van der Waals surface area contributed by atoms with E-state index < -0.39 is 0 Å². The summed E-state index contributed by atoms with van der Waals surface area (Å²) < 4.78 is 10.3. The summed E-state index contributed by atoms with van der Waals surface area (Å²) in [6, 6.07) is 5.09. The van der Waals surface area contributed by atoms with E-state index in [4.69, 9.17) is 9.05 Å². The average molecular weight is 357 g/mol. The highest BCUT2D eigenvalue weighted by molar-refractivity contribution is 5.73. The van der Waals surface area contributed by atoms with Crippen LogP contribution in [0.4, 0.5) is 4.79 Å². The van der Waals surface area contributed by atoms with Gasteiger partial charge in [0, 0.05) is 19.2 Å². The number of pyridine rings is 1. The number of hydrogen-bond donors (Lipinski definition) is 1. The number of carbonyl (C=O) groups is 1. The van der Waals surface area contributed by atoms with Gasteiger partial charge in [-0.25, -0.2) is 4.79 Å². The van der Waals surface area contributed by atoms with Crippen LogP contribution in [0.2, 0.25) is 0 Å². The molecular weight excluding hydrogens is 338 g/mol. The smallest absolute Gasteiger partial charge is 0.317 e. The molecule has 0 aliphatic carbocycles. The highest BCUT2D eigenvalue weighted by Crippen LogP contribution is 2.13. The van der Waals surface area contributed by atoms with E-state index in [1.165, 1.54) is 4.90 Å². The van der Waals surface area contributed by atoms with Gasteiger partial charge in [0.1, 0.15) is 12.2 Å². The zero-order valence-corrected chi connectivity index (χ0v) is 14.7. The number of amides is 2. The lowest BCUT2D eigenvalue weighted by Gasteiger charge is -2.14. The number of urea groups is 1. The van der Waals surface area contributed by atoms with E-state index in [9.17, 15) is 4.79 Å². The molecule has 3 heterocycles. The highest BCUT2D eigenvalue weighted by atomic mass is 16.5. The van der Waals surface area contributed by atoms with Gasteiger partial charge in [-0.05, 0) is 12.1 Å². The molecule has 0 fully saturated rings. The molecule has 0 unspecified atom stereocenters. The van der Waals surface area contributed by atoms with E-state index in [-0.39, 0.29) is 25.0 Å². The largest absolute Gasteiger partial charge is 0.339 e. The Morgan fingerprint density at radius 2 is 2.08 bits per heavy atom. The predicted molar refractivity (Wildman–Crippen MR) is 89.6 cm³/mol. The van der Waals surface area contributed by atoms with Crippen molar-refractivity contribution in [3.05, 3.63) is 42.0 Å². The van der Waals surface area contributed by atoms with E-state index in [0.29, 0.717) is 29.1 Å². The van der Waals surface area contributed by atoms with Gasteiger partial charge in [0.25, 0.3) is 0 Å². The number of aromatic nitrogens is 5. The van der Waals surface area contributed by atoms with Gasteiger partial charge in [0.15, 0.2) is 5.82 Å². The molecule has 0 bridgehead atoms. The second-order valence-electron chi connectivity index (χ2n) is 5.95. The second kappa shape index (κ2) is 7.72. The Bertz CT molecular complexity index is 860. The van der Waals surface area contributed by atoms with Crippen molar-refractivity contribution in [2.24, 2.45) is 0 Å². The van der Waals surface area contributed by atoms with E-state index in [1.54, 1.807) is 25.4 Å². The lowest BCUT2D eigenvalue weighted by Crippen LogP contribution is -2.36. The summed E-state index contributed by atoms with van der Waals surface area (Å²) in [7, 11) is 1.62. The Morgan fingerprint density at radius 1 is 1.23 bits per heavy atom. The molecule has 26 heavy (non-hydrogen) atoms. The summed E-state index contributed by atoms with van der Waals surface area (Å²) >= 11 is 0. The summed E-state index contributed by atoms with van der Waals surface area (Å²) in [6.45, 7) is 4.23. The van der Waals surface area contributed by atoms with Crippen molar-refractivity contribution in [3.63, 3.8) is 0 Å². The second-order valence-corrected chi connectivity index (χ2v) is 5.95. The van der Waals surface area contributed by atoms with Crippen molar-refractivity contribution in [2.45, 2.75) is 32.9 Å². The Morgan fingerprint density at radius 3 is 2.77 bits per heavy atom. The van der Waals surface area contributed by atoms with Crippen molar-refractivity contribution in [1.82, 2.24) is 35.5 Å². The maximum Gasteiger partial charge on any atom is 0.317 e. The summed E-state index contributed by atoms with van der Waals surface area (Å²) in [6.07, 6.45) is 1.65. The summed E-state index contributed by atoms with van der Waals surface area (Å²) in [5.74, 6) is 1.79. The molecule has 0 spiro atoms. The zero-order chi connectivity index (χ0) is 18.5. The molecule has 0 radical (unpaired) electrons. The lowest BCUT2D eigenvalue weighted by molar-refractivity contribution is 0.198. The van der Waals surface area contributed by atoms with E-state index in [2.05, 4.69) is 30.6 Å². The molecule has 1 N–H and O–H groups in total. The van der Waals surface area contributed by atoms with Gasteiger partial charge in [-0.3, -0.25) is 4.98 Å². The molecule has 2 amide bonds. The molecule has 3 aromatic heterocycles. The molecule has 0 aromatic carbocycles. The van der Waals surface area contributed by atoms with Crippen molar-refractivity contribution < 1.29 is 13.8 Å². The molecule has 3 aromatic rings. The Balaban J connectivity index is 1.53. The molecular formula is C16H19N7O3. The van der Waals surface area contributed by atoms with Gasteiger partial charge < -0.3 is 19.3 Å². The zero-order valence-electron chi connectivity index (χ0n) is 14.7.